The first kappa shape index (κ1) is 14.9. The van der Waals surface area contributed by atoms with Crippen LogP contribution in [0.3, 0.4) is 0 Å². The van der Waals surface area contributed by atoms with Crippen molar-refractivity contribution >= 4 is 21.8 Å². The minimum absolute atomic E-state index is 0.690. The van der Waals surface area contributed by atoms with Crippen molar-refractivity contribution in [1.29, 1.82) is 0 Å². The Labute approximate surface area is 147 Å². The molecule has 4 rings (SSSR count). The van der Waals surface area contributed by atoms with E-state index in [0.29, 0.717) is 6.54 Å². The highest BCUT2D eigenvalue weighted by molar-refractivity contribution is 9.10. The smallest absolute Gasteiger partial charge is 0.176 e. The summed E-state index contributed by atoms with van der Waals surface area (Å²) in [5, 5.41) is 10.7. The average molecular weight is 383 g/mol. The number of aromatic nitrogens is 2. The summed E-state index contributed by atoms with van der Waals surface area (Å²) >= 11 is 3.46. The minimum atomic E-state index is 0.690. The summed E-state index contributed by atoms with van der Waals surface area (Å²) in [6, 6.07) is 18.2. The Morgan fingerprint density at radius 1 is 1.00 bits per heavy atom. The predicted octanol–water partition coefficient (Wildman–Crippen LogP) is 2.82. The highest BCUT2D eigenvalue weighted by Crippen LogP contribution is 2.15. The molecule has 6 nitrogen and oxygen atoms in total. The van der Waals surface area contributed by atoms with Crippen LogP contribution in [-0.4, -0.2) is 20.6 Å². The standard InChI is InChI=1S/C17H15BrN6/c18-15-8-6-13(7-9-15)11-24-17(20-21-22-24)14-10-19-23(12-14)16-4-2-1-3-5-16/h1-10,12,21-22H,11H2. The number of rotatable bonds is 4. The van der Waals surface area contributed by atoms with E-state index in [0.717, 1.165) is 21.6 Å². The van der Waals surface area contributed by atoms with Crippen molar-refractivity contribution in [2.75, 3.05) is 0 Å². The van der Waals surface area contributed by atoms with Gasteiger partial charge in [-0.2, -0.15) is 5.10 Å². The van der Waals surface area contributed by atoms with Crippen LogP contribution in [0.2, 0.25) is 0 Å². The van der Waals surface area contributed by atoms with Crippen LogP contribution >= 0.6 is 15.9 Å². The zero-order chi connectivity index (χ0) is 16.4. The van der Waals surface area contributed by atoms with E-state index in [4.69, 9.17) is 0 Å². The molecule has 1 aliphatic heterocycles. The number of nitrogens with one attached hydrogen (secondary N) is 2. The van der Waals surface area contributed by atoms with E-state index in [1.54, 1.807) is 0 Å². The second-order valence-corrected chi connectivity index (χ2v) is 6.30. The second kappa shape index (κ2) is 6.46. The van der Waals surface area contributed by atoms with E-state index >= 15 is 0 Å². The van der Waals surface area contributed by atoms with E-state index in [-0.39, 0.29) is 0 Å². The molecule has 1 aliphatic rings. The second-order valence-electron chi connectivity index (χ2n) is 5.38. The van der Waals surface area contributed by atoms with Gasteiger partial charge in [0, 0.05) is 10.7 Å². The van der Waals surface area contributed by atoms with Crippen molar-refractivity contribution in [2.45, 2.75) is 6.54 Å². The Bertz CT molecular complexity index is 856. The van der Waals surface area contributed by atoms with Crippen LogP contribution in [0.25, 0.3) is 5.69 Å². The maximum absolute atomic E-state index is 4.43. The van der Waals surface area contributed by atoms with Gasteiger partial charge in [-0.3, -0.25) is 5.01 Å². The van der Waals surface area contributed by atoms with Crippen LogP contribution in [0.5, 0.6) is 0 Å². The number of hydrazine groups is 2. The summed E-state index contributed by atoms with van der Waals surface area (Å²) in [7, 11) is 0. The normalized spacial score (nSPS) is 13.7. The van der Waals surface area contributed by atoms with Crippen LogP contribution in [0.4, 0.5) is 0 Å². The highest BCUT2D eigenvalue weighted by atomic mass is 79.9. The molecule has 0 unspecified atom stereocenters. The van der Waals surface area contributed by atoms with Gasteiger partial charge < -0.3 is 0 Å². The lowest BCUT2D eigenvalue weighted by molar-refractivity contribution is 0.288. The molecule has 1 aromatic heterocycles. The molecule has 0 radical (unpaired) electrons. The quantitative estimate of drug-likeness (QED) is 0.728. The van der Waals surface area contributed by atoms with Crippen molar-refractivity contribution in [3.63, 3.8) is 0 Å². The summed E-state index contributed by atoms with van der Waals surface area (Å²) in [5.41, 5.74) is 9.00. The van der Waals surface area contributed by atoms with Crippen LogP contribution in [0.1, 0.15) is 11.1 Å². The number of hydrazone groups is 1. The molecule has 2 heterocycles. The predicted molar refractivity (Wildman–Crippen MR) is 96.1 cm³/mol. The molecule has 2 aromatic carbocycles. The maximum Gasteiger partial charge on any atom is 0.176 e. The van der Waals surface area contributed by atoms with E-state index < -0.39 is 0 Å². The molecule has 3 aromatic rings. The van der Waals surface area contributed by atoms with Gasteiger partial charge in [0.1, 0.15) is 0 Å². The van der Waals surface area contributed by atoms with Gasteiger partial charge in [0.15, 0.2) is 5.84 Å². The third-order valence-corrected chi connectivity index (χ3v) is 4.25. The van der Waals surface area contributed by atoms with Gasteiger partial charge in [-0.15, -0.1) is 10.6 Å². The summed E-state index contributed by atoms with van der Waals surface area (Å²) < 4.78 is 2.91. The molecule has 0 saturated carbocycles. The van der Waals surface area contributed by atoms with Gasteiger partial charge >= 0.3 is 0 Å². The molecule has 0 aliphatic carbocycles. The minimum Gasteiger partial charge on any atom is -0.266 e. The first-order chi connectivity index (χ1) is 11.8. The Hall–Kier alpha value is -2.64. The number of nitrogens with zero attached hydrogens (tertiary/aromatic N) is 4. The molecule has 7 heteroatoms. The van der Waals surface area contributed by atoms with E-state index in [1.165, 1.54) is 5.56 Å². The number of hydrogen-bond donors (Lipinski definition) is 2. The van der Waals surface area contributed by atoms with E-state index in [1.807, 2.05) is 64.5 Å². The molecular formula is C17H15BrN6. The van der Waals surface area contributed by atoms with Crippen molar-refractivity contribution in [1.82, 2.24) is 25.9 Å². The first-order valence-corrected chi connectivity index (χ1v) is 8.30. The number of benzene rings is 2. The van der Waals surface area contributed by atoms with Crippen LogP contribution in [0.15, 0.2) is 76.6 Å². The molecule has 0 atom stereocenters. The molecule has 2 N–H and O–H groups in total. The van der Waals surface area contributed by atoms with Crippen LogP contribution in [0, 0.1) is 0 Å². The van der Waals surface area contributed by atoms with Crippen molar-refractivity contribution < 1.29 is 0 Å². The number of para-hydroxylation sites is 1. The van der Waals surface area contributed by atoms with Crippen LogP contribution in [-0.2, 0) is 6.54 Å². The van der Waals surface area contributed by atoms with Gasteiger partial charge in [0.2, 0.25) is 0 Å². The van der Waals surface area contributed by atoms with E-state index in [9.17, 15) is 0 Å². The van der Waals surface area contributed by atoms with Gasteiger partial charge in [-0.05, 0) is 29.8 Å². The number of amidine groups is 1. The Balaban J connectivity index is 1.55. The fourth-order valence-electron chi connectivity index (χ4n) is 2.52. The number of halogens is 1. The van der Waals surface area contributed by atoms with Gasteiger partial charge in [0.25, 0.3) is 0 Å². The third kappa shape index (κ3) is 3.04. The molecule has 0 fully saturated rings. The Morgan fingerprint density at radius 2 is 1.79 bits per heavy atom. The van der Waals surface area contributed by atoms with E-state index in [2.05, 4.69) is 49.3 Å². The fourth-order valence-corrected chi connectivity index (χ4v) is 2.78. The van der Waals surface area contributed by atoms with Gasteiger partial charge in [-0.25, -0.2) is 10.2 Å². The van der Waals surface area contributed by atoms with Crippen molar-refractivity contribution in [3.05, 3.63) is 82.6 Å². The van der Waals surface area contributed by atoms with Crippen molar-refractivity contribution in [2.24, 2.45) is 5.10 Å². The highest BCUT2D eigenvalue weighted by Gasteiger charge is 2.20. The topological polar surface area (TPSA) is 57.5 Å². The largest absolute Gasteiger partial charge is 0.266 e. The molecule has 120 valence electrons. The average Bonchev–Trinajstić information content (AvgIpc) is 3.27. The van der Waals surface area contributed by atoms with Crippen molar-refractivity contribution in [3.8, 4) is 5.69 Å². The Morgan fingerprint density at radius 3 is 2.58 bits per heavy atom. The molecule has 24 heavy (non-hydrogen) atoms. The first-order valence-electron chi connectivity index (χ1n) is 7.50. The zero-order valence-corrected chi connectivity index (χ0v) is 14.3. The summed E-state index contributed by atoms with van der Waals surface area (Å²) in [6.07, 6.45) is 3.78. The van der Waals surface area contributed by atoms with Gasteiger partial charge in [0.05, 0.1) is 24.0 Å². The molecule has 0 bridgehead atoms. The zero-order valence-electron chi connectivity index (χ0n) is 12.7. The molecule has 0 saturated heterocycles. The summed E-state index contributed by atoms with van der Waals surface area (Å²) in [5.74, 6) is 0.806. The lowest BCUT2D eigenvalue weighted by atomic mass is 10.2. The maximum atomic E-state index is 4.43. The molecule has 0 spiro atoms. The van der Waals surface area contributed by atoms with Crippen LogP contribution < -0.4 is 11.1 Å². The number of hydrogen-bond acceptors (Lipinski definition) is 5. The lowest BCUT2D eigenvalue weighted by Crippen LogP contribution is -2.40. The lowest BCUT2D eigenvalue weighted by Gasteiger charge is -2.18. The fraction of sp³-hybridized carbons (Fsp3) is 0.0588. The molecular weight excluding hydrogens is 368 g/mol. The molecule has 0 amide bonds. The summed E-state index contributed by atoms with van der Waals surface area (Å²) in [6.45, 7) is 0.690. The SMILES string of the molecule is Brc1ccc(CN2NNN=C2c2cnn(-c3ccccc3)c2)cc1. The third-order valence-electron chi connectivity index (χ3n) is 3.72. The monoisotopic (exact) mass is 382 g/mol. The Kier molecular flexibility index (Phi) is 4.02. The summed E-state index contributed by atoms with van der Waals surface area (Å²) in [4.78, 5) is 0. The van der Waals surface area contributed by atoms with Gasteiger partial charge in [-0.1, -0.05) is 46.3 Å².